The molecular weight excluding hydrogens is 260 g/mol. The summed E-state index contributed by atoms with van der Waals surface area (Å²) in [6.45, 7) is 14.3. The predicted octanol–water partition coefficient (Wildman–Crippen LogP) is 3.75. The first-order valence-corrected chi connectivity index (χ1v) is 8.07. The van der Waals surface area contributed by atoms with Gasteiger partial charge in [-0.05, 0) is 25.7 Å². The van der Waals surface area contributed by atoms with Crippen LogP contribution in [0.4, 0.5) is 11.6 Å². The van der Waals surface area contributed by atoms with Gasteiger partial charge in [0.15, 0.2) is 0 Å². The SMILES string of the molecule is CNc1nc(C(C)(C)C)nc(N(CC(C)C)C2CC2)c1C. The minimum atomic E-state index is -0.0406. The lowest BCUT2D eigenvalue weighted by Crippen LogP contribution is -2.32. The standard InChI is InChI=1S/C17H30N4/c1-11(2)10-21(13-8-9-13)15-12(3)14(18-7)19-16(20-15)17(4,5)6/h11,13H,8-10H2,1-7H3,(H,18,19,20). The molecule has 1 aromatic rings. The van der Waals surface area contributed by atoms with E-state index in [2.05, 4.69) is 51.8 Å². The van der Waals surface area contributed by atoms with Crippen LogP contribution in [-0.2, 0) is 5.41 Å². The largest absolute Gasteiger partial charge is 0.373 e. The molecule has 2 rings (SSSR count). The van der Waals surface area contributed by atoms with Crippen molar-refractivity contribution in [1.29, 1.82) is 0 Å². The number of nitrogens with one attached hydrogen (secondary N) is 1. The van der Waals surface area contributed by atoms with Gasteiger partial charge in [-0.15, -0.1) is 0 Å². The molecule has 0 aliphatic heterocycles. The summed E-state index contributed by atoms with van der Waals surface area (Å²) < 4.78 is 0. The van der Waals surface area contributed by atoms with Crippen LogP contribution in [0.3, 0.4) is 0 Å². The summed E-state index contributed by atoms with van der Waals surface area (Å²) in [6.07, 6.45) is 2.58. The van der Waals surface area contributed by atoms with Crippen molar-refractivity contribution < 1.29 is 0 Å². The lowest BCUT2D eigenvalue weighted by atomic mass is 9.95. The van der Waals surface area contributed by atoms with E-state index in [1.54, 1.807) is 0 Å². The monoisotopic (exact) mass is 290 g/mol. The first kappa shape index (κ1) is 16.1. The quantitative estimate of drug-likeness (QED) is 0.896. The Kier molecular flexibility index (Phi) is 4.45. The molecule has 0 radical (unpaired) electrons. The Balaban J connectivity index is 2.49. The molecule has 0 amide bonds. The van der Waals surface area contributed by atoms with Gasteiger partial charge in [0.1, 0.15) is 17.5 Å². The van der Waals surface area contributed by atoms with Crippen molar-refractivity contribution in [1.82, 2.24) is 9.97 Å². The third kappa shape index (κ3) is 3.66. The van der Waals surface area contributed by atoms with Gasteiger partial charge in [-0.1, -0.05) is 34.6 Å². The van der Waals surface area contributed by atoms with Crippen LogP contribution in [0.1, 0.15) is 58.8 Å². The third-order valence-corrected chi connectivity index (χ3v) is 3.85. The van der Waals surface area contributed by atoms with Gasteiger partial charge in [0, 0.05) is 30.6 Å². The summed E-state index contributed by atoms with van der Waals surface area (Å²) in [5, 5.41) is 3.24. The van der Waals surface area contributed by atoms with E-state index < -0.39 is 0 Å². The van der Waals surface area contributed by atoms with E-state index in [4.69, 9.17) is 9.97 Å². The van der Waals surface area contributed by atoms with Gasteiger partial charge in [0.25, 0.3) is 0 Å². The van der Waals surface area contributed by atoms with Crippen molar-refractivity contribution >= 4 is 11.6 Å². The average Bonchev–Trinajstić information content (AvgIpc) is 3.19. The summed E-state index contributed by atoms with van der Waals surface area (Å²) in [5.41, 5.74) is 1.12. The first-order chi connectivity index (χ1) is 9.74. The highest BCUT2D eigenvalue weighted by Crippen LogP contribution is 2.36. The number of nitrogens with zero attached hydrogens (tertiary/aromatic N) is 3. The lowest BCUT2D eigenvalue weighted by Gasteiger charge is -2.29. The highest BCUT2D eigenvalue weighted by Gasteiger charge is 2.33. The fourth-order valence-electron chi connectivity index (χ4n) is 2.55. The molecule has 1 fully saturated rings. The molecule has 1 aliphatic carbocycles. The van der Waals surface area contributed by atoms with Crippen LogP contribution in [0, 0.1) is 12.8 Å². The maximum absolute atomic E-state index is 4.94. The molecule has 118 valence electrons. The van der Waals surface area contributed by atoms with Gasteiger partial charge >= 0.3 is 0 Å². The third-order valence-electron chi connectivity index (χ3n) is 3.85. The number of rotatable bonds is 5. The molecule has 1 aliphatic rings. The van der Waals surface area contributed by atoms with Crippen LogP contribution >= 0.6 is 0 Å². The molecule has 1 N–H and O–H groups in total. The minimum Gasteiger partial charge on any atom is -0.373 e. The summed E-state index contributed by atoms with van der Waals surface area (Å²) in [6, 6.07) is 0.665. The molecule has 0 atom stereocenters. The lowest BCUT2D eigenvalue weighted by molar-refractivity contribution is 0.539. The maximum Gasteiger partial charge on any atom is 0.138 e. The first-order valence-electron chi connectivity index (χ1n) is 8.07. The van der Waals surface area contributed by atoms with E-state index in [-0.39, 0.29) is 5.41 Å². The molecule has 1 aromatic heterocycles. The summed E-state index contributed by atoms with van der Waals surface area (Å²) in [5.74, 6) is 3.63. The number of hydrogen-bond donors (Lipinski definition) is 1. The Morgan fingerprint density at radius 1 is 1.24 bits per heavy atom. The highest BCUT2D eigenvalue weighted by molar-refractivity contribution is 5.60. The van der Waals surface area contributed by atoms with Gasteiger partial charge in [0.05, 0.1) is 0 Å². The van der Waals surface area contributed by atoms with Gasteiger partial charge in [0.2, 0.25) is 0 Å². The maximum atomic E-state index is 4.94. The van der Waals surface area contributed by atoms with E-state index in [1.807, 2.05) is 7.05 Å². The van der Waals surface area contributed by atoms with Gasteiger partial charge in [-0.25, -0.2) is 9.97 Å². The molecule has 0 aromatic carbocycles. The molecule has 0 spiro atoms. The molecule has 4 nitrogen and oxygen atoms in total. The Morgan fingerprint density at radius 2 is 1.86 bits per heavy atom. The second-order valence-electron chi connectivity index (χ2n) is 7.62. The van der Waals surface area contributed by atoms with Crippen molar-refractivity contribution in [3.63, 3.8) is 0 Å². The molecule has 0 bridgehead atoms. The molecular formula is C17H30N4. The minimum absolute atomic E-state index is 0.0406. The van der Waals surface area contributed by atoms with Crippen molar-refractivity contribution in [2.45, 2.75) is 65.8 Å². The number of aromatic nitrogens is 2. The average molecular weight is 290 g/mol. The molecule has 1 heterocycles. The van der Waals surface area contributed by atoms with Crippen molar-refractivity contribution in [2.24, 2.45) is 5.92 Å². The zero-order chi connectivity index (χ0) is 15.8. The van der Waals surface area contributed by atoms with Crippen LogP contribution in [-0.4, -0.2) is 29.6 Å². The van der Waals surface area contributed by atoms with Crippen molar-refractivity contribution in [3.05, 3.63) is 11.4 Å². The summed E-state index contributed by atoms with van der Waals surface area (Å²) in [7, 11) is 1.94. The van der Waals surface area contributed by atoms with E-state index >= 15 is 0 Å². The second kappa shape index (κ2) is 5.82. The molecule has 4 heteroatoms. The highest BCUT2D eigenvalue weighted by atomic mass is 15.3. The van der Waals surface area contributed by atoms with Gasteiger partial charge < -0.3 is 10.2 Å². The number of hydrogen-bond acceptors (Lipinski definition) is 4. The van der Waals surface area contributed by atoms with E-state index in [9.17, 15) is 0 Å². The summed E-state index contributed by atoms with van der Waals surface area (Å²) in [4.78, 5) is 12.2. The van der Waals surface area contributed by atoms with Crippen LogP contribution < -0.4 is 10.2 Å². The normalized spacial score (nSPS) is 15.4. The molecule has 0 saturated heterocycles. The summed E-state index contributed by atoms with van der Waals surface area (Å²) >= 11 is 0. The fourth-order valence-corrected chi connectivity index (χ4v) is 2.55. The zero-order valence-electron chi connectivity index (χ0n) is 14.6. The van der Waals surface area contributed by atoms with E-state index in [0.717, 1.165) is 29.6 Å². The van der Waals surface area contributed by atoms with Crippen LogP contribution in [0.5, 0.6) is 0 Å². The van der Waals surface area contributed by atoms with Crippen LogP contribution in [0.15, 0.2) is 0 Å². The van der Waals surface area contributed by atoms with Gasteiger partial charge in [-0.2, -0.15) is 0 Å². The second-order valence-corrected chi connectivity index (χ2v) is 7.62. The van der Waals surface area contributed by atoms with E-state index in [1.165, 1.54) is 12.8 Å². The Bertz CT molecular complexity index is 498. The zero-order valence-corrected chi connectivity index (χ0v) is 14.6. The Morgan fingerprint density at radius 3 is 2.29 bits per heavy atom. The van der Waals surface area contributed by atoms with Crippen molar-refractivity contribution in [2.75, 3.05) is 23.8 Å². The molecule has 21 heavy (non-hydrogen) atoms. The molecule has 0 unspecified atom stereocenters. The molecule has 1 saturated carbocycles. The van der Waals surface area contributed by atoms with E-state index in [0.29, 0.717) is 12.0 Å². The van der Waals surface area contributed by atoms with Crippen LogP contribution in [0.2, 0.25) is 0 Å². The fraction of sp³-hybridized carbons (Fsp3) is 0.765. The topological polar surface area (TPSA) is 41.1 Å². The van der Waals surface area contributed by atoms with Gasteiger partial charge in [-0.3, -0.25) is 0 Å². The smallest absolute Gasteiger partial charge is 0.138 e. The number of anilines is 2. The Labute approximate surface area is 129 Å². The Hall–Kier alpha value is -1.32. The van der Waals surface area contributed by atoms with Crippen LogP contribution in [0.25, 0.3) is 0 Å². The predicted molar refractivity (Wildman–Crippen MR) is 90.2 cm³/mol. The van der Waals surface area contributed by atoms with Crippen molar-refractivity contribution in [3.8, 4) is 0 Å².